The first kappa shape index (κ1) is 11.7. The molecule has 0 fully saturated rings. The van der Waals surface area contributed by atoms with Crippen molar-refractivity contribution in [2.45, 2.75) is 19.6 Å². The molecule has 1 aromatic rings. The number of nitrogens with two attached hydrogens (primary N) is 1. The molecule has 14 heavy (non-hydrogen) atoms. The summed E-state index contributed by atoms with van der Waals surface area (Å²) < 4.78 is 25.5. The van der Waals surface area contributed by atoms with Gasteiger partial charge in [-0.15, -0.1) is 0 Å². The van der Waals surface area contributed by atoms with Crippen molar-refractivity contribution < 1.29 is 13.9 Å². The lowest BCUT2D eigenvalue weighted by molar-refractivity contribution is 0.148. The summed E-state index contributed by atoms with van der Waals surface area (Å²) in [7, 11) is 0. The number of halogens is 3. The molecule has 0 saturated carbocycles. The molecule has 1 heterocycles. The summed E-state index contributed by atoms with van der Waals surface area (Å²) in [5, 5.41) is 8.82. The molecule has 1 rings (SSSR count). The topological polar surface area (TPSA) is 59.1 Å². The number of aliphatic hydroxyl groups excluding tert-OH is 1. The Kier molecular flexibility index (Phi) is 4.14. The molecule has 0 radical (unpaired) electrons. The van der Waals surface area contributed by atoms with E-state index in [-0.39, 0.29) is 24.4 Å². The average Bonchev–Trinajstić information content (AvgIpc) is 2.15. The number of hydrogen-bond acceptors (Lipinski definition) is 3. The minimum Gasteiger partial charge on any atom is -0.390 e. The SMILES string of the molecule is NCc1nc(CO)cc(I)c1C(F)F. The second-order valence-corrected chi connectivity index (χ2v) is 3.78. The molecule has 0 unspecified atom stereocenters. The Balaban J connectivity index is 3.27. The van der Waals surface area contributed by atoms with Gasteiger partial charge in [0, 0.05) is 10.1 Å². The molecular weight excluding hydrogens is 305 g/mol. The third kappa shape index (κ3) is 2.37. The third-order valence-corrected chi connectivity index (χ3v) is 2.61. The summed E-state index contributed by atoms with van der Waals surface area (Å²) in [4.78, 5) is 3.83. The van der Waals surface area contributed by atoms with E-state index >= 15 is 0 Å². The van der Waals surface area contributed by atoms with Crippen molar-refractivity contribution in [3.63, 3.8) is 0 Å². The van der Waals surface area contributed by atoms with Crippen LogP contribution in [-0.2, 0) is 13.2 Å². The molecule has 3 nitrogen and oxygen atoms in total. The van der Waals surface area contributed by atoms with Gasteiger partial charge in [0.1, 0.15) is 0 Å². The van der Waals surface area contributed by atoms with E-state index in [0.717, 1.165) is 0 Å². The maximum Gasteiger partial charge on any atom is 0.266 e. The second kappa shape index (κ2) is 4.94. The second-order valence-electron chi connectivity index (χ2n) is 2.62. The van der Waals surface area contributed by atoms with E-state index < -0.39 is 6.43 Å². The van der Waals surface area contributed by atoms with Gasteiger partial charge in [0.25, 0.3) is 6.43 Å². The maximum absolute atomic E-state index is 12.5. The number of hydrogen-bond donors (Lipinski definition) is 2. The number of alkyl halides is 2. The summed E-state index contributed by atoms with van der Waals surface area (Å²) in [6.45, 7) is -0.323. The summed E-state index contributed by atoms with van der Waals surface area (Å²) in [6.07, 6.45) is -2.58. The molecule has 0 aliphatic carbocycles. The Morgan fingerprint density at radius 1 is 1.57 bits per heavy atom. The largest absolute Gasteiger partial charge is 0.390 e. The van der Waals surface area contributed by atoms with Gasteiger partial charge in [-0.2, -0.15) is 0 Å². The van der Waals surface area contributed by atoms with E-state index in [9.17, 15) is 8.78 Å². The molecule has 78 valence electrons. The van der Waals surface area contributed by atoms with Crippen molar-refractivity contribution >= 4 is 22.6 Å². The van der Waals surface area contributed by atoms with Crippen LogP contribution in [0.5, 0.6) is 0 Å². The first-order valence-corrected chi connectivity index (χ1v) is 4.95. The maximum atomic E-state index is 12.5. The molecule has 0 aromatic carbocycles. The fraction of sp³-hybridized carbons (Fsp3) is 0.375. The third-order valence-electron chi connectivity index (χ3n) is 1.71. The number of aromatic nitrogens is 1. The van der Waals surface area contributed by atoms with Crippen molar-refractivity contribution in [3.8, 4) is 0 Å². The highest BCUT2D eigenvalue weighted by Gasteiger charge is 2.18. The van der Waals surface area contributed by atoms with Gasteiger partial charge in [0.05, 0.1) is 23.6 Å². The molecule has 0 saturated heterocycles. The van der Waals surface area contributed by atoms with E-state index in [4.69, 9.17) is 10.8 Å². The van der Waals surface area contributed by atoms with E-state index in [1.54, 1.807) is 22.6 Å². The molecule has 1 aromatic heterocycles. The lowest BCUT2D eigenvalue weighted by atomic mass is 10.2. The summed E-state index contributed by atoms with van der Waals surface area (Å²) in [6, 6.07) is 1.43. The lowest BCUT2D eigenvalue weighted by Crippen LogP contribution is -2.09. The predicted octanol–water partition coefficient (Wildman–Crippen LogP) is 1.57. The van der Waals surface area contributed by atoms with E-state index in [1.165, 1.54) is 6.07 Å². The summed E-state index contributed by atoms with van der Waals surface area (Å²) in [5.74, 6) is 0. The van der Waals surface area contributed by atoms with Crippen molar-refractivity contribution in [1.29, 1.82) is 0 Å². The zero-order valence-corrected chi connectivity index (χ0v) is 9.33. The minimum atomic E-state index is -2.58. The fourth-order valence-corrected chi connectivity index (χ4v) is 2.00. The van der Waals surface area contributed by atoms with Crippen LogP contribution in [0.4, 0.5) is 8.78 Å². The van der Waals surface area contributed by atoms with Gasteiger partial charge in [0.2, 0.25) is 0 Å². The molecule has 6 heteroatoms. The Hall–Kier alpha value is -0.340. The van der Waals surface area contributed by atoms with Crippen molar-refractivity contribution in [1.82, 2.24) is 4.98 Å². The molecule has 0 aliphatic heterocycles. The zero-order chi connectivity index (χ0) is 10.7. The van der Waals surface area contributed by atoms with E-state index in [2.05, 4.69) is 4.98 Å². The highest BCUT2D eigenvalue weighted by molar-refractivity contribution is 14.1. The van der Waals surface area contributed by atoms with Crippen LogP contribution >= 0.6 is 22.6 Å². The predicted molar refractivity (Wildman–Crippen MR) is 55.7 cm³/mol. The lowest BCUT2D eigenvalue weighted by Gasteiger charge is -2.10. The standard InChI is InChI=1S/C8H9F2IN2O/c9-8(10)7-5(11)1-4(3-14)13-6(7)2-12/h1,8,14H,2-3,12H2. The van der Waals surface area contributed by atoms with Gasteiger partial charge in [-0.25, -0.2) is 8.78 Å². The van der Waals surface area contributed by atoms with Crippen LogP contribution in [0, 0.1) is 3.57 Å². The number of rotatable bonds is 3. The van der Waals surface area contributed by atoms with E-state index in [1.807, 2.05) is 0 Å². The summed E-state index contributed by atoms with van der Waals surface area (Å²) >= 11 is 1.79. The van der Waals surface area contributed by atoms with Crippen LogP contribution in [0.15, 0.2) is 6.07 Å². The van der Waals surface area contributed by atoms with Crippen LogP contribution in [-0.4, -0.2) is 10.1 Å². The molecule has 0 bridgehead atoms. The molecule has 0 spiro atoms. The number of pyridine rings is 1. The Labute approximate surface area is 93.5 Å². The monoisotopic (exact) mass is 314 g/mol. The van der Waals surface area contributed by atoms with Crippen LogP contribution in [0.1, 0.15) is 23.4 Å². The first-order valence-electron chi connectivity index (χ1n) is 3.87. The number of nitrogens with zero attached hydrogens (tertiary/aromatic N) is 1. The molecule has 0 atom stereocenters. The van der Waals surface area contributed by atoms with Gasteiger partial charge in [-0.1, -0.05) is 0 Å². The molecule has 3 N–H and O–H groups in total. The van der Waals surface area contributed by atoms with Gasteiger partial charge in [-0.3, -0.25) is 4.98 Å². The van der Waals surface area contributed by atoms with Gasteiger partial charge in [0.15, 0.2) is 0 Å². The smallest absolute Gasteiger partial charge is 0.266 e. The number of aliphatic hydroxyl groups is 1. The Bertz CT molecular complexity index is 333. The normalized spacial score (nSPS) is 11.0. The summed E-state index contributed by atoms with van der Waals surface area (Å²) in [5.41, 5.74) is 5.68. The molecule has 0 aliphatic rings. The molecular formula is C8H9F2IN2O. The highest BCUT2D eigenvalue weighted by atomic mass is 127. The van der Waals surface area contributed by atoms with E-state index in [0.29, 0.717) is 9.26 Å². The van der Waals surface area contributed by atoms with Crippen LogP contribution < -0.4 is 5.73 Å². The Morgan fingerprint density at radius 3 is 2.64 bits per heavy atom. The first-order chi connectivity index (χ1) is 6.60. The van der Waals surface area contributed by atoms with Crippen molar-refractivity contribution in [2.75, 3.05) is 0 Å². The van der Waals surface area contributed by atoms with Gasteiger partial charge < -0.3 is 10.8 Å². The quantitative estimate of drug-likeness (QED) is 0.833. The fourth-order valence-electron chi connectivity index (χ4n) is 1.09. The van der Waals surface area contributed by atoms with Crippen LogP contribution in [0.25, 0.3) is 0 Å². The zero-order valence-electron chi connectivity index (χ0n) is 7.17. The van der Waals surface area contributed by atoms with Crippen molar-refractivity contribution in [2.24, 2.45) is 5.73 Å². The average molecular weight is 314 g/mol. The van der Waals surface area contributed by atoms with Crippen LogP contribution in [0.2, 0.25) is 0 Å². The Morgan fingerprint density at radius 2 is 2.21 bits per heavy atom. The molecule has 0 amide bonds. The van der Waals surface area contributed by atoms with Crippen molar-refractivity contribution in [3.05, 3.63) is 26.6 Å². The van der Waals surface area contributed by atoms with Crippen LogP contribution in [0.3, 0.4) is 0 Å². The van der Waals surface area contributed by atoms with Gasteiger partial charge >= 0.3 is 0 Å². The minimum absolute atomic E-state index is 0.0521. The highest BCUT2D eigenvalue weighted by Crippen LogP contribution is 2.27. The van der Waals surface area contributed by atoms with Gasteiger partial charge in [-0.05, 0) is 28.7 Å².